The van der Waals surface area contributed by atoms with Crippen LogP contribution in [0.4, 0.5) is 49.6 Å². The first kappa shape index (κ1) is 20.6. The summed E-state index contributed by atoms with van der Waals surface area (Å²) in [6.07, 6.45) is -24.2. The minimum Gasteiger partial charge on any atom is -0.425 e. The number of ether oxygens (including phenoxy) is 2. The number of nitro benzene ring substituents is 1. The van der Waals surface area contributed by atoms with Gasteiger partial charge in [-0.25, -0.2) is 0 Å². The lowest BCUT2D eigenvalue weighted by molar-refractivity contribution is -0.393. The molecule has 0 unspecified atom stereocenters. The largest absolute Gasteiger partial charge is 0.499 e. The van der Waals surface area contributed by atoms with E-state index in [1.54, 1.807) is 0 Å². The average Bonchev–Trinajstić information content (AvgIpc) is 2.36. The molecule has 5 nitrogen and oxygen atoms in total. The molecule has 1 aromatic carbocycles. The van der Waals surface area contributed by atoms with E-state index in [4.69, 9.17) is 0 Å². The van der Waals surface area contributed by atoms with Crippen LogP contribution in [0.2, 0.25) is 0 Å². The van der Waals surface area contributed by atoms with E-state index in [1.165, 1.54) is 0 Å². The normalized spacial score (nSPS) is 13.5. The summed E-state index contributed by atoms with van der Waals surface area (Å²) in [5.41, 5.74) is -1.76. The van der Waals surface area contributed by atoms with Crippen LogP contribution in [0.25, 0.3) is 0 Å². The first-order valence-corrected chi connectivity index (χ1v) is 5.53. The first-order valence-electron chi connectivity index (χ1n) is 5.53. The second-order valence-electron chi connectivity index (χ2n) is 4.12. The molecular weight excluding hydrogens is 388 g/mol. The molecule has 25 heavy (non-hydrogen) atoms. The molecule has 0 aliphatic carbocycles. The Kier molecular flexibility index (Phi) is 5.02. The topological polar surface area (TPSA) is 61.6 Å². The van der Waals surface area contributed by atoms with Crippen LogP contribution in [0.15, 0.2) is 18.2 Å². The quantitative estimate of drug-likeness (QED) is 0.416. The smallest absolute Gasteiger partial charge is 0.425 e. The minimum atomic E-state index is -6.28. The van der Waals surface area contributed by atoms with Gasteiger partial charge < -0.3 is 9.47 Å². The molecule has 0 heterocycles. The Balaban J connectivity index is 3.24. The predicted octanol–water partition coefficient (Wildman–Crippen LogP) is 4.66. The third-order valence-electron chi connectivity index (χ3n) is 2.27. The maximum absolute atomic E-state index is 12.7. The van der Waals surface area contributed by atoms with Gasteiger partial charge in [-0.2, -0.15) is 43.9 Å². The summed E-state index contributed by atoms with van der Waals surface area (Å²) in [6.45, 7) is 0. The Morgan fingerprint density at radius 1 is 0.800 bits per heavy atom. The number of halogens is 10. The molecule has 0 atom stereocenters. The molecule has 142 valence electrons. The number of nitrogens with zero attached hydrogens (tertiary/aromatic N) is 1. The number of hydrogen-bond acceptors (Lipinski definition) is 4. The Bertz CT molecular complexity index is 654. The molecule has 0 radical (unpaired) electrons. The van der Waals surface area contributed by atoms with Gasteiger partial charge in [0.15, 0.2) is 0 Å². The zero-order valence-corrected chi connectivity index (χ0v) is 11.1. The molecule has 0 fully saturated rings. The molecule has 0 N–H and O–H groups in total. The first-order chi connectivity index (χ1) is 11.0. The number of alkyl halides is 10. The molecule has 0 aliphatic heterocycles. The second kappa shape index (κ2) is 6.11. The zero-order valence-electron chi connectivity index (χ0n) is 11.1. The number of nitro groups is 1. The molecule has 1 aromatic rings. The van der Waals surface area contributed by atoms with Gasteiger partial charge in [-0.1, -0.05) is 0 Å². The van der Waals surface area contributed by atoms with E-state index in [2.05, 4.69) is 9.47 Å². The average molecular weight is 391 g/mol. The van der Waals surface area contributed by atoms with Gasteiger partial charge in [-0.15, -0.1) is 0 Å². The van der Waals surface area contributed by atoms with Gasteiger partial charge in [0.25, 0.3) is 0 Å². The summed E-state index contributed by atoms with van der Waals surface area (Å²) >= 11 is 0. The van der Waals surface area contributed by atoms with Crippen molar-refractivity contribution >= 4 is 5.69 Å². The summed E-state index contributed by atoms with van der Waals surface area (Å²) < 4.78 is 129. The highest BCUT2D eigenvalue weighted by molar-refractivity contribution is 5.51. The van der Waals surface area contributed by atoms with E-state index in [9.17, 15) is 54.0 Å². The van der Waals surface area contributed by atoms with E-state index < -0.39 is 46.7 Å². The summed E-state index contributed by atoms with van der Waals surface area (Å²) in [4.78, 5) is 8.95. The molecule has 0 amide bonds. The van der Waals surface area contributed by atoms with E-state index >= 15 is 0 Å². The van der Waals surface area contributed by atoms with Crippen LogP contribution in [0.3, 0.4) is 0 Å². The van der Waals surface area contributed by atoms with Gasteiger partial charge >= 0.3 is 30.3 Å². The third kappa shape index (κ3) is 4.54. The van der Waals surface area contributed by atoms with Crippen LogP contribution >= 0.6 is 0 Å². The second-order valence-corrected chi connectivity index (χ2v) is 4.12. The van der Waals surface area contributed by atoms with Crippen LogP contribution < -0.4 is 9.47 Å². The number of hydrogen-bond donors (Lipinski definition) is 0. The highest BCUT2D eigenvalue weighted by Crippen LogP contribution is 2.43. The fourth-order valence-electron chi connectivity index (χ4n) is 1.19. The predicted molar refractivity (Wildman–Crippen MR) is 56.4 cm³/mol. The summed E-state index contributed by atoms with van der Waals surface area (Å²) in [5.74, 6) is -3.27. The Morgan fingerprint density at radius 2 is 1.24 bits per heavy atom. The van der Waals surface area contributed by atoms with Crippen molar-refractivity contribution in [3.8, 4) is 11.5 Å². The number of benzene rings is 1. The lowest BCUT2D eigenvalue weighted by Crippen LogP contribution is -2.42. The van der Waals surface area contributed by atoms with Gasteiger partial charge in [0.2, 0.25) is 5.75 Å². The molecule has 1 rings (SSSR count). The van der Waals surface area contributed by atoms with Crippen LogP contribution in [-0.4, -0.2) is 29.5 Å². The van der Waals surface area contributed by atoms with Crippen molar-refractivity contribution in [3.63, 3.8) is 0 Å². The van der Waals surface area contributed by atoms with Crippen molar-refractivity contribution in [1.29, 1.82) is 0 Å². The van der Waals surface area contributed by atoms with Crippen LogP contribution in [0.1, 0.15) is 0 Å². The maximum Gasteiger partial charge on any atom is 0.499 e. The minimum absolute atomic E-state index is 0.0500. The summed E-state index contributed by atoms with van der Waals surface area (Å²) in [7, 11) is 0. The SMILES string of the molecule is O=[N+]([O-])c1cc(OC(F)(F)C(F)(F)F)ccc1OC(F)(F)C(F)(F)F. The molecular formula is C10H3F10NO4. The summed E-state index contributed by atoms with van der Waals surface area (Å²) in [5, 5.41) is 10.6. The van der Waals surface area contributed by atoms with Gasteiger partial charge in [0.05, 0.1) is 11.0 Å². The van der Waals surface area contributed by atoms with Crippen LogP contribution in [0, 0.1) is 10.1 Å². The van der Waals surface area contributed by atoms with Crippen molar-refractivity contribution < 1.29 is 58.3 Å². The Labute approximate surface area is 129 Å². The van der Waals surface area contributed by atoms with Crippen molar-refractivity contribution in [2.75, 3.05) is 0 Å². The maximum atomic E-state index is 12.7. The zero-order chi connectivity index (χ0) is 19.8. The van der Waals surface area contributed by atoms with Crippen LogP contribution in [-0.2, 0) is 0 Å². The van der Waals surface area contributed by atoms with Gasteiger partial charge in [0, 0.05) is 0 Å². The van der Waals surface area contributed by atoms with Crippen molar-refractivity contribution in [2.24, 2.45) is 0 Å². The highest BCUT2D eigenvalue weighted by Gasteiger charge is 2.62. The lowest BCUT2D eigenvalue weighted by Gasteiger charge is -2.21. The standard InChI is InChI=1S/C10H3F10NO4/c11-7(12,13)9(17,18)24-4-1-2-6(5(3-4)21(22)23)25-10(19,20)8(14,15)16/h1-3H. The fraction of sp³-hybridized carbons (Fsp3) is 0.400. The van der Waals surface area contributed by atoms with Gasteiger partial charge in [-0.3, -0.25) is 10.1 Å². The van der Waals surface area contributed by atoms with Crippen LogP contribution in [0.5, 0.6) is 11.5 Å². The van der Waals surface area contributed by atoms with E-state index in [-0.39, 0.29) is 18.2 Å². The van der Waals surface area contributed by atoms with E-state index in [0.29, 0.717) is 0 Å². The van der Waals surface area contributed by atoms with Crippen molar-refractivity contribution in [3.05, 3.63) is 28.3 Å². The molecule has 0 bridgehead atoms. The molecule has 0 aromatic heterocycles. The molecule has 0 aliphatic rings. The molecule has 0 saturated carbocycles. The Morgan fingerprint density at radius 3 is 1.64 bits per heavy atom. The third-order valence-corrected chi connectivity index (χ3v) is 2.27. The molecule has 15 heteroatoms. The van der Waals surface area contributed by atoms with Crippen molar-refractivity contribution in [1.82, 2.24) is 0 Å². The summed E-state index contributed by atoms with van der Waals surface area (Å²) in [6, 6.07) is -0.241. The van der Waals surface area contributed by atoms with Gasteiger partial charge in [0.1, 0.15) is 5.75 Å². The van der Waals surface area contributed by atoms with E-state index in [0.717, 1.165) is 0 Å². The lowest BCUT2D eigenvalue weighted by atomic mass is 10.2. The molecule has 0 saturated heterocycles. The van der Waals surface area contributed by atoms with Gasteiger partial charge in [-0.05, 0) is 12.1 Å². The monoisotopic (exact) mass is 391 g/mol. The molecule has 0 spiro atoms. The fourth-order valence-corrected chi connectivity index (χ4v) is 1.19. The number of rotatable bonds is 5. The Hall–Kier alpha value is -2.48. The highest BCUT2D eigenvalue weighted by atomic mass is 19.4. The van der Waals surface area contributed by atoms with E-state index in [1.807, 2.05) is 0 Å². The van der Waals surface area contributed by atoms with Crippen molar-refractivity contribution in [2.45, 2.75) is 24.6 Å².